The Bertz CT molecular complexity index is 387. The van der Waals surface area contributed by atoms with Gasteiger partial charge in [-0.05, 0) is 19.1 Å². The number of esters is 1. The van der Waals surface area contributed by atoms with Gasteiger partial charge in [0.2, 0.25) is 0 Å². The van der Waals surface area contributed by atoms with E-state index in [1.165, 1.54) is 38.3 Å². The molecule has 0 fully saturated rings. The van der Waals surface area contributed by atoms with E-state index in [0.29, 0.717) is 5.75 Å². The molecule has 0 amide bonds. The molecule has 0 aliphatic rings. The Morgan fingerprint density at radius 1 is 1.38 bits per heavy atom. The molecule has 0 saturated carbocycles. The van der Waals surface area contributed by atoms with Crippen molar-refractivity contribution >= 4 is 11.7 Å². The van der Waals surface area contributed by atoms with Gasteiger partial charge >= 0.3 is 5.97 Å². The van der Waals surface area contributed by atoms with Gasteiger partial charge < -0.3 is 9.47 Å². The third-order valence-electron chi connectivity index (χ3n) is 1.89. The Labute approximate surface area is 91.9 Å². The summed E-state index contributed by atoms with van der Waals surface area (Å²) in [5.74, 6) is -0.123. The van der Waals surface area contributed by atoms with Crippen LogP contribution < -0.4 is 4.74 Å². The molecular formula is C10H11NO5. The molecule has 0 radical (unpaired) electrons. The average Bonchev–Trinajstić information content (AvgIpc) is 2.28. The van der Waals surface area contributed by atoms with Crippen molar-refractivity contribution in [3.05, 3.63) is 34.4 Å². The molecule has 0 aromatic heterocycles. The second kappa shape index (κ2) is 5.11. The minimum atomic E-state index is -0.744. The van der Waals surface area contributed by atoms with Gasteiger partial charge in [-0.1, -0.05) is 0 Å². The fourth-order valence-electron chi connectivity index (χ4n) is 1.06. The molecule has 1 aromatic rings. The van der Waals surface area contributed by atoms with Gasteiger partial charge in [0, 0.05) is 12.1 Å². The highest BCUT2D eigenvalue weighted by Gasteiger charge is 2.15. The van der Waals surface area contributed by atoms with Crippen molar-refractivity contribution in [3.8, 4) is 5.75 Å². The first-order valence-corrected chi connectivity index (χ1v) is 4.53. The van der Waals surface area contributed by atoms with Gasteiger partial charge in [0.25, 0.3) is 5.69 Å². The van der Waals surface area contributed by atoms with Gasteiger partial charge in [-0.25, -0.2) is 4.79 Å². The number of nitrogens with zero attached hydrogens (tertiary/aromatic N) is 1. The van der Waals surface area contributed by atoms with Crippen LogP contribution in [0, 0.1) is 10.1 Å². The predicted octanol–water partition coefficient (Wildman–Crippen LogP) is 1.54. The quantitative estimate of drug-likeness (QED) is 0.441. The van der Waals surface area contributed by atoms with Gasteiger partial charge in [-0.3, -0.25) is 10.1 Å². The highest BCUT2D eigenvalue weighted by molar-refractivity contribution is 5.74. The van der Waals surface area contributed by atoms with Crippen molar-refractivity contribution in [2.75, 3.05) is 7.11 Å². The maximum Gasteiger partial charge on any atom is 0.346 e. The Hall–Kier alpha value is -2.11. The number of rotatable bonds is 4. The monoisotopic (exact) mass is 225 g/mol. The van der Waals surface area contributed by atoms with Crippen LogP contribution in [0.1, 0.15) is 6.92 Å². The van der Waals surface area contributed by atoms with E-state index in [2.05, 4.69) is 4.74 Å². The predicted molar refractivity (Wildman–Crippen MR) is 55.2 cm³/mol. The lowest BCUT2D eigenvalue weighted by molar-refractivity contribution is -0.384. The van der Waals surface area contributed by atoms with Crippen LogP contribution in [0.25, 0.3) is 0 Å². The number of hydrogen-bond donors (Lipinski definition) is 0. The first-order valence-electron chi connectivity index (χ1n) is 4.53. The second-order valence-electron chi connectivity index (χ2n) is 3.03. The van der Waals surface area contributed by atoms with Crippen molar-refractivity contribution in [2.45, 2.75) is 13.0 Å². The summed E-state index contributed by atoms with van der Waals surface area (Å²) in [6.45, 7) is 1.53. The molecule has 0 saturated heterocycles. The molecule has 0 heterocycles. The smallest absolute Gasteiger partial charge is 0.346 e. The summed E-state index contributed by atoms with van der Waals surface area (Å²) in [5, 5.41) is 10.4. The molecule has 1 aromatic carbocycles. The standard InChI is InChI=1S/C10H11NO5/c1-7(10(12)15-2)16-9-5-3-8(4-6-9)11(13)14/h3-7H,1-2H3/t7-/m1/s1. The number of non-ortho nitro benzene ring substituents is 1. The number of hydrogen-bond acceptors (Lipinski definition) is 5. The van der Waals surface area contributed by atoms with Crippen LogP contribution in [-0.2, 0) is 9.53 Å². The molecule has 1 rings (SSSR count). The van der Waals surface area contributed by atoms with Crippen molar-refractivity contribution in [2.24, 2.45) is 0 Å². The number of nitro groups is 1. The number of ether oxygens (including phenoxy) is 2. The van der Waals surface area contributed by atoms with Crippen LogP contribution in [-0.4, -0.2) is 24.1 Å². The van der Waals surface area contributed by atoms with E-state index in [9.17, 15) is 14.9 Å². The van der Waals surface area contributed by atoms with E-state index in [1.807, 2.05) is 0 Å². The summed E-state index contributed by atoms with van der Waals surface area (Å²) in [4.78, 5) is 20.9. The summed E-state index contributed by atoms with van der Waals surface area (Å²) in [6, 6.07) is 5.47. The van der Waals surface area contributed by atoms with Gasteiger partial charge in [0.05, 0.1) is 12.0 Å². The Kier molecular flexibility index (Phi) is 3.82. The lowest BCUT2D eigenvalue weighted by Crippen LogP contribution is -2.24. The maximum absolute atomic E-state index is 11.0. The van der Waals surface area contributed by atoms with Gasteiger partial charge in [0.1, 0.15) is 5.75 Å². The number of carbonyl (C=O) groups is 1. The molecule has 0 unspecified atom stereocenters. The highest BCUT2D eigenvalue weighted by atomic mass is 16.6. The largest absolute Gasteiger partial charge is 0.479 e. The number of nitro benzene ring substituents is 1. The van der Waals surface area contributed by atoms with Gasteiger partial charge in [-0.2, -0.15) is 0 Å². The second-order valence-corrected chi connectivity index (χ2v) is 3.03. The van der Waals surface area contributed by atoms with Gasteiger partial charge in [-0.15, -0.1) is 0 Å². The number of methoxy groups -OCH3 is 1. The van der Waals surface area contributed by atoms with Gasteiger partial charge in [0.15, 0.2) is 6.10 Å². The minimum Gasteiger partial charge on any atom is -0.479 e. The van der Waals surface area contributed by atoms with Crippen LogP contribution >= 0.6 is 0 Å². The Balaban J connectivity index is 2.68. The molecule has 0 spiro atoms. The van der Waals surface area contributed by atoms with E-state index in [0.717, 1.165) is 0 Å². The molecule has 0 aliphatic heterocycles. The van der Waals surface area contributed by atoms with Crippen molar-refractivity contribution in [3.63, 3.8) is 0 Å². The SMILES string of the molecule is COC(=O)[C@@H](C)Oc1ccc([N+](=O)[O-])cc1. The zero-order chi connectivity index (χ0) is 12.1. The van der Waals surface area contributed by atoms with Crippen LogP contribution in [0.3, 0.4) is 0 Å². The third kappa shape index (κ3) is 2.94. The van der Waals surface area contributed by atoms with E-state index >= 15 is 0 Å². The summed E-state index contributed by atoms with van der Waals surface area (Å²) in [5.41, 5.74) is -0.0296. The summed E-state index contributed by atoms with van der Waals surface area (Å²) in [6.07, 6.45) is -0.744. The van der Waals surface area contributed by atoms with Crippen LogP contribution in [0.15, 0.2) is 24.3 Å². The first kappa shape index (κ1) is 12.0. The summed E-state index contributed by atoms with van der Waals surface area (Å²) >= 11 is 0. The van der Waals surface area contributed by atoms with Crippen molar-refractivity contribution in [1.82, 2.24) is 0 Å². The minimum absolute atomic E-state index is 0.0296. The van der Waals surface area contributed by atoms with E-state index in [1.54, 1.807) is 0 Å². The fourth-order valence-corrected chi connectivity index (χ4v) is 1.06. The summed E-state index contributed by atoms with van der Waals surface area (Å²) in [7, 11) is 1.26. The Morgan fingerprint density at radius 3 is 2.38 bits per heavy atom. The Morgan fingerprint density at radius 2 is 1.94 bits per heavy atom. The molecule has 1 atom stereocenters. The van der Waals surface area contributed by atoms with Crippen LogP contribution in [0.2, 0.25) is 0 Å². The zero-order valence-electron chi connectivity index (χ0n) is 8.88. The van der Waals surface area contributed by atoms with Crippen LogP contribution in [0.5, 0.6) is 5.75 Å². The maximum atomic E-state index is 11.0. The molecule has 0 aliphatic carbocycles. The highest BCUT2D eigenvalue weighted by Crippen LogP contribution is 2.18. The third-order valence-corrected chi connectivity index (χ3v) is 1.89. The average molecular weight is 225 g/mol. The molecule has 6 heteroatoms. The molecule has 86 valence electrons. The van der Waals surface area contributed by atoms with E-state index in [-0.39, 0.29) is 5.69 Å². The van der Waals surface area contributed by atoms with Crippen molar-refractivity contribution < 1.29 is 19.2 Å². The molecule has 0 bridgehead atoms. The molecule has 16 heavy (non-hydrogen) atoms. The fraction of sp³-hybridized carbons (Fsp3) is 0.300. The van der Waals surface area contributed by atoms with Crippen LogP contribution in [0.4, 0.5) is 5.69 Å². The number of benzene rings is 1. The molecular weight excluding hydrogens is 214 g/mol. The lowest BCUT2D eigenvalue weighted by atomic mass is 10.3. The number of carbonyl (C=O) groups excluding carboxylic acids is 1. The topological polar surface area (TPSA) is 78.7 Å². The zero-order valence-corrected chi connectivity index (χ0v) is 8.88. The van der Waals surface area contributed by atoms with E-state index in [4.69, 9.17) is 4.74 Å². The van der Waals surface area contributed by atoms with E-state index < -0.39 is 17.0 Å². The molecule has 0 N–H and O–H groups in total. The summed E-state index contributed by atoms with van der Waals surface area (Å²) < 4.78 is 9.68. The molecule has 6 nitrogen and oxygen atoms in total. The lowest BCUT2D eigenvalue weighted by Gasteiger charge is -2.11. The van der Waals surface area contributed by atoms with Crippen molar-refractivity contribution in [1.29, 1.82) is 0 Å². The normalized spacial score (nSPS) is 11.6. The first-order chi connectivity index (χ1) is 7.54.